The third-order valence-electron chi connectivity index (χ3n) is 2.97. The highest BCUT2D eigenvalue weighted by atomic mass is 14.9. The van der Waals surface area contributed by atoms with Crippen molar-refractivity contribution in [3.05, 3.63) is 48.1 Å². The van der Waals surface area contributed by atoms with Crippen molar-refractivity contribution in [2.24, 2.45) is 10.9 Å². The zero-order valence-electron chi connectivity index (χ0n) is 13.8. The maximum atomic E-state index is 6.98. The van der Waals surface area contributed by atoms with Gasteiger partial charge in [0.1, 0.15) is 0 Å². The van der Waals surface area contributed by atoms with E-state index >= 15 is 0 Å². The Labute approximate surface area is 129 Å². The molecule has 0 aliphatic rings. The summed E-state index contributed by atoms with van der Waals surface area (Å²) >= 11 is 0. The number of aryl methyl sites for hydroxylation is 2. The van der Waals surface area contributed by atoms with Gasteiger partial charge < -0.3 is 10.7 Å². The van der Waals surface area contributed by atoms with E-state index in [1.165, 1.54) is 17.3 Å². The predicted octanol–water partition coefficient (Wildman–Crippen LogP) is 5.08. The topological polar surface area (TPSA) is 48.2 Å². The molecule has 114 valence electrons. The van der Waals surface area contributed by atoms with Crippen LogP contribution in [-0.2, 0) is 0 Å². The van der Waals surface area contributed by atoms with Crippen molar-refractivity contribution in [2.45, 2.75) is 27.7 Å². The van der Waals surface area contributed by atoms with E-state index < -0.39 is 0 Å². The van der Waals surface area contributed by atoms with Gasteiger partial charge in [-0.05, 0) is 43.2 Å². The van der Waals surface area contributed by atoms with E-state index in [0.717, 1.165) is 11.4 Å². The summed E-state index contributed by atoms with van der Waals surface area (Å²) < 4.78 is 0. The van der Waals surface area contributed by atoms with E-state index in [1.807, 2.05) is 33.2 Å². The van der Waals surface area contributed by atoms with Crippen LogP contribution in [0.3, 0.4) is 0 Å². The smallest absolute Gasteiger partial charge is 0.0860 e. The molecule has 21 heavy (non-hydrogen) atoms. The molecule has 3 heteroatoms. The molecule has 0 heterocycles. The molecular formula is C18H27N3. The number of nitrogens with one attached hydrogen (secondary N) is 2. The molecule has 0 aromatic heterocycles. The van der Waals surface area contributed by atoms with E-state index in [2.05, 4.69) is 42.9 Å². The van der Waals surface area contributed by atoms with Gasteiger partial charge in [-0.25, -0.2) is 0 Å². The Kier molecular flexibility index (Phi) is 9.52. The molecule has 0 aliphatic carbocycles. The third kappa shape index (κ3) is 6.21. The number of allylic oxidation sites excluding steroid dienone is 3. The summed E-state index contributed by atoms with van der Waals surface area (Å²) in [6.45, 7) is 11.9. The minimum atomic E-state index is 0.0351. The fraction of sp³-hybridized carbons (Fsp3) is 0.333. The van der Waals surface area contributed by atoms with Gasteiger partial charge in [0.2, 0.25) is 0 Å². The molecule has 0 saturated carbocycles. The first-order valence-corrected chi connectivity index (χ1v) is 7.25. The molecule has 0 radical (unpaired) electrons. The largest absolute Gasteiger partial charge is 0.386 e. The van der Waals surface area contributed by atoms with Gasteiger partial charge in [-0.1, -0.05) is 26.0 Å². The molecule has 0 aliphatic heterocycles. The van der Waals surface area contributed by atoms with E-state index in [9.17, 15) is 0 Å². The molecule has 1 atom stereocenters. The van der Waals surface area contributed by atoms with Crippen LogP contribution in [0.5, 0.6) is 0 Å². The molecule has 3 nitrogen and oxygen atoms in total. The normalized spacial score (nSPS) is 11.9. The lowest BCUT2D eigenvalue weighted by Gasteiger charge is -2.09. The van der Waals surface area contributed by atoms with Crippen LogP contribution in [0.15, 0.2) is 41.9 Å². The summed E-state index contributed by atoms with van der Waals surface area (Å²) in [4.78, 5) is 4.52. The number of anilines is 1. The lowest BCUT2D eigenvalue weighted by Crippen LogP contribution is -1.95. The second-order valence-corrected chi connectivity index (χ2v) is 4.35. The number of hydrogen-bond donors (Lipinski definition) is 2. The minimum absolute atomic E-state index is 0.0351. The van der Waals surface area contributed by atoms with Gasteiger partial charge in [-0.3, -0.25) is 4.99 Å². The zero-order valence-corrected chi connectivity index (χ0v) is 13.8. The van der Waals surface area contributed by atoms with Gasteiger partial charge in [0.05, 0.1) is 11.4 Å². The van der Waals surface area contributed by atoms with Crippen LogP contribution in [0.25, 0.3) is 0 Å². The maximum absolute atomic E-state index is 6.98. The molecule has 0 fully saturated rings. The highest BCUT2D eigenvalue weighted by molar-refractivity contribution is 5.77. The van der Waals surface area contributed by atoms with Gasteiger partial charge >= 0.3 is 0 Å². The minimum Gasteiger partial charge on any atom is -0.386 e. The van der Waals surface area contributed by atoms with Crippen LogP contribution in [0, 0.1) is 25.2 Å². The van der Waals surface area contributed by atoms with Gasteiger partial charge in [0.15, 0.2) is 0 Å². The Morgan fingerprint density at radius 3 is 2.38 bits per heavy atom. The summed E-state index contributed by atoms with van der Waals surface area (Å²) in [7, 11) is 1.89. The number of nitrogens with zero attached hydrogens (tertiary/aromatic N) is 1. The fourth-order valence-corrected chi connectivity index (χ4v) is 1.65. The van der Waals surface area contributed by atoms with Crippen LogP contribution < -0.4 is 5.32 Å². The highest BCUT2D eigenvalue weighted by Crippen LogP contribution is 2.28. The Bertz CT molecular complexity index is 513. The first kappa shape index (κ1) is 18.8. The second-order valence-electron chi connectivity index (χ2n) is 4.35. The molecule has 0 bridgehead atoms. The Morgan fingerprint density at radius 2 is 1.86 bits per heavy atom. The summed E-state index contributed by atoms with van der Waals surface area (Å²) in [6.07, 6.45) is 8.43. The van der Waals surface area contributed by atoms with Gasteiger partial charge in [0.25, 0.3) is 0 Å². The van der Waals surface area contributed by atoms with Gasteiger partial charge in [0, 0.05) is 25.4 Å². The summed E-state index contributed by atoms with van der Waals surface area (Å²) in [5.74, 6) is 0.0351. The van der Waals surface area contributed by atoms with Crippen molar-refractivity contribution in [1.82, 2.24) is 0 Å². The van der Waals surface area contributed by atoms with Crippen LogP contribution in [0.1, 0.15) is 25.0 Å². The Morgan fingerprint density at radius 1 is 1.24 bits per heavy atom. The number of aliphatic imine (C=N–C) groups is 1. The molecule has 0 saturated heterocycles. The molecule has 2 N–H and O–H groups in total. The molecule has 1 unspecified atom stereocenters. The zero-order chi connectivity index (χ0) is 16.3. The predicted molar refractivity (Wildman–Crippen MR) is 96.6 cm³/mol. The van der Waals surface area contributed by atoms with Crippen molar-refractivity contribution in [3.63, 3.8) is 0 Å². The van der Waals surface area contributed by atoms with Crippen molar-refractivity contribution in [3.8, 4) is 0 Å². The molecule has 1 rings (SSSR count). The highest BCUT2D eigenvalue weighted by Gasteiger charge is 2.03. The van der Waals surface area contributed by atoms with Gasteiger partial charge in [-0.2, -0.15) is 0 Å². The quantitative estimate of drug-likeness (QED) is 0.555. The fourth-order valence-electron chi connectivity index (χ4n) is 1.65. The standard InChI is InChI=1S/C16H21N3.C2H6/c1-5-14(7-6-8-17)11-19-16-10-13(3)12(2)9-15(16)18-4;1-2/h5-11,14,17-18H,1H2,2-4H3;1-2H3. The lowest BCUT2D eigenvalue weighted by molar-refractivity contribution is 1.17. The second kappa shape index (κ2) is 10.6. The Balaban J connectivity index is 0.00000191. The first-order chi connectivity index (χ1) is 10.1. The first-order valence-electron chi connectivity index (χ1n) is 7.25. The van der Waals surface area contributed by atoms with Crippen LogP contribution in [0.2, 0.25) is 0 Å². The van der Waals surface area contributed by atoms with Crippen molar-refractivity contribution in [2.75, 3.05) is 12.4 Å². The van der Waals surface area contributed by atoms with Gasteiger partial charge in [-0.15, -0.1) is 6.58 Å². The van der Waals surface area contributed by atoms with Crippen LogP contribution >= 0.6 is 0 Å². The van der Waals surface area contributed by atoms with Crippen LogP contribution in [-0.4, -0.2) is 19.5 Å². The van der Waals surface area contributed by atoms with E-state index in [1.54, 1.807) is 12.2 Å². The lowest BCUT2D eigenvalue weighted by atomic mass is 10.1. The van der Waals surface area contributed by atoms with E-state index in [0.29, 0.717) is 0 Å². The monoisotopic (exact) mass is 285 g/mol. The molecule has 1 aromatic carbocycles. The number of benzene rings is 1. The average Bonchev–Trinajstić information content (AvgIpc) is 2.52. The van der Waals surface area contributed by atoms with E-state index in [-0.39, 0.29) is 5.92 Å². The summed E-state index contributed by atoms with van der Waals surface area (Å²) in [5, 5.41) is 10.1. The third-order valence-corrected chi connectivity index (χ3v) is 2.97. The van der Waals surface area contributed by atoms with E-state index in [4.69, 9.17) is 5.41 Å². The number of hydrogen-bond acceptors (Lipinski definition) is 3. The van der Waals surface area contributed by atoms with Crippen molar-refractivity contribution < 1.29 is 0 Å². The molecule has 1 aromatic rings. The number of rotatable bonds is 6. The average molecular weight is 285 g/mol. The molecule has 0 amide bonds. The molecular weight excluding hydrogens is 258 g/mol. The maximum Gasteiger partial charge on any atom is 0.0860 e. The Hall–Kier alpha value is -2.16. The summed E-state index contributed by atoms with van der Waals surface area (Å²) in [6, 6.07) is 4.16. The van der Waals surface area contributed by atoms with Crippen LogP contribution in [0.4, 0.5) is 11.4 Å². The molecule has 0 spiro atoms. The van der Waals surface area contributed by atoms with Crippen molar-refractivity contribution in [1.29, 1.82) is 5.41 Å². The SMILES string of the molecule is C=CC(C=CC=N)C=Nc1cc(C)c(C)cc1NC.CC. The van der Waals surface area contributed by atoms with Crippen molar-refractivity contribution >= 4 is 23.8 Å². The summed E-state index contributed by atoms with van der Waals surface area (Å²) in [5.41, 5.74) is 4.39.